The molecule has 0 bridgehead atoms. The monoisotopic (exact) mass is 499 g/mol. The van der Waals surface area contributed by atoms with Crippen LogP contribution in [-0.2, 0) is 23.0 Å². The summed E-state index contributed by atoms with van der Waals surface area (Å²) in [6, 6.07) is 8.96. The van der Waals surface area contributed by atoms with Gasteiger partial charge < -0.3 is 24.5 Å². The number of hydrogen-bond donors (Lipinski definition) is 2. The maximum absolute atomic E-state index is 13.1. The molecule has 10 heteroatoms. The molecule has 1 fully saturated rings. The SMILES string of the molecule is Cc1[nH]c(=O)c2c(ccc3nc(Nc4c(Cl)cccc4Cl)n(C)c32)c1CC(=O)N1CCOCC1. The number of ether oxygens (including phenoxy) is 1. The first-order valence-corrected chi connectivity index (χ1v) is 11.7. The zero-order valence-electron chi connectivity index (χ0n) is 18.7. The summed E-state index contributed by atoms with van der Waals surface area (Å²) >= 11 is 12.6. The van der Waals surface area contributed by atoms with E-state index in [9.17, 15) is 9.59 Å². The van der Waals surface area contributed by atoms with Crippen LogP contribution in [0.4, 0.5) is 11.6 Å². The number of aryl methyl sites for hydroxylation is 2. The molecule has 1 aliphatic heterocycles. The summed E-state index contributed by atoms with van der Waals surface area (Å²) in [5.41, 5.74) is 3.09. The van der Waals surface area contributed by atoms with Gasteiger partial charge in [0.2, 0.25) is 11.9 Å². The Kier molecular flexibility index (Phi) is 5.97. The number of anilines is 2. The van der Waals surface area contributed by atoms with Crippen LogP contribution in [0.1, 0.15) is 11.3 Å². The third kappa shape index (κ3) is 3.91. The molecule has 1 saturated heterocycles. The van der Waals surface area contributed by atoms with Crippen molar-refractivity contribution in [3.63, 3.8) is 0 Å². The molecule has 34 heavy (non-hydrogen) atoms. The average Bonchev–Trinajstić information content (AvgIpc) is 3.14. The molecule has 2 aromatic heterocycles. The Hall–Kier alpha value is -3.07. The van der Waals surface area contributed by atoms with Gasteiger partial charge in [-0.3, -0.25) is 9.59 Å². The largest absolute Gasteiger partial charge is 0.378 e. The molecular formula is C24H23Cl2N5O3. The summed E-state index contributed by atoms with van der Waals surface area (Å²) in [7, 11) is 1.82. The van der Waals surface area contributed by atoms with Crippen molar-refractivity contribution in [3.8, 4) is 0 Å². The summed E-state index contributed by atoms with van der Waals surface area (Å²) in [6.45, 7) is 4.05. The minimum atomic E-state index is -0.231. The fourth-order valence-corrected chi connectivity index (χ4v) is 4.93. The van der Waals surface area contributed by atoms with Crippen LogP contribution in [0.2, 0.25) is 10.0 Å². The number of hydrogen-bond acceptors (Lipinski definition) is 5. The van der Waals surface area contributed by atoms with Gasteiger partial charge in [-0.1, -0.05) is 35.3 Å². The Morgan fingerprint density at radius 3 is 2.59 bits per heavy atom. The van der Waals surface area contributed by atoms with Gasteiger partial charge in [0.1, 0.15) is 0 Å². The minimum Gasteiger partial charge on any atom is -0.378 e. The highest BCUT2D eigenvalue weighted by Gasteiger charge is 2.22. The third-order valence-electron chi connectivity index (χ3n) is 6.23. The Labute approximate surface area is 205 Å². The van der Waals surface area contributed by atoms with Crippen LogP contribution in [0.5, 0.6) is 0 Å². The summed E-state index contributed by atoms with van der Waals surface area (Å²) in [4.78, 5) is 35.5. The number of morpholine rings is 1. The molecule has 0 unspecified atom stereocenters. The van der Waals surface area contributed by atoms with Crippen molar-refractivity contribution in [1.29, 1.82) is 0 Å². The van der Waals surface area contributed by atoms with Crippen LogP contribution < -0.4 is 10.9 Å². The molecule has 0 radical (unpaired) electrons. The van der Waals surface area contributed by atoms with E-state index in [2.05, 4.69) is 15.3 Å². The molecule has 4 aromatic rings. The summed E-state index contributed by atoms with van der Waals surface area (Å²) in [5, 5.41) is 5.33. The average molecular weight is 500 g/mol. The van der Waals surface area contributed by atoms with Gasteiger partial charge in [0.05, 0.1) is 51.8 Å². The number of halogens is 2. The standard InChI is InChI=1S/C24H23Cl2N5O3/c1-13-15(12-19(32)31-8-10-34-11-9-31)14-6-7-18-22(20(14)23(33)27-13)30(2)24(28-18)29-21-16(25)4-3-5-17(21)26/h3-7H,8-12H2,1-2H3,(H,27,33)(H,28,29). The first-order chi connectivity index (χ1) is 16.3. The number of amides is 1. The van der Waals surface area contributed by atoms with Gasteiger partial charge in [-0.2, -0.15) is 0 Å². The highest BCUT2D eigenvalue weighted by Crippen LogP contribution is 2.34. The predicted molar refractivity (Wildman–Crippen MR) is 134 cm³/mol. The number of carbonyl (C=O) groups excluding carboxylic acids is 1. The highest BCUT2D eigenvalue weighted by molar-refractivity contribution is 6.39. The third-order valence-corrected chi connectivity index (χ3v) is 6.86. The number of benzene rings is 2. The number of aromatic nitrogens is 3. The Morgan fingerprint density at radius 1 is 1.18 bits per heavy atom. The van der Waals surface area contributed by atoms with Crippen molar-refractivity contribution in [1.82, 2.24) is 19.4 Å². The lowest BCUT2D eigenvalue weighted by atomic mass is 10.00. The van der Waals surface area contributed by atoms with E-state index in [1.807, 2.05) is 26.1 Å². The van der Waals surface area contributed by atoms with Crippen molar-refractivity contribution in [2.45, 2.75) is 13.3 Å². The number of imidazole rings is 1. The van der Waals surface area contributed by atoms with Crippen LogP contribution in [0.25, 0.3) is 21.8 Å². The summed E-state index contributed by atoms with van der Waals surface area (Å²) in [5.74, 6) is 0.504. The molecule has 1 amide bonds. The lowest BCUT2D eigenvalue weighted by Crippen LogP contribution is -2.41. The second-order valence-electron chi connectivity index (χ2n) is 8.30. The quantitative estimate of drug-likeness (QED) is 0.439. The van der Waals surface area contributed by atoms with Crippen LogP contribution in [-0.4, -0.2) is 51.6 Å². The van der Waals surface area contributed by atoms with Gasteiger partial charge >= 0.3 is 0 Å². The van der Waals surface area contributed by atoms with E-state index in [0.29, 0.717) is 70.1 Å². The molecule has 0 spiro atoms. The lowest BCUT2D eigenvalue weighted by Gasteiger charge is -2.27. The van der Waals surface area contributed by atoms with Crippen molar-refractivity contribution in [2.75, 3.05) is 31.6 Å². The number of fused-ring (bicyclic) bond motifs is 3. The minimum absolute atomic E-state index is 0.0144. The van der Waals surface area contributed by atoms with Crippen LogP contribution in [0, 0.1) is 6.92 Å². The fraction of sp³-hybridized carbons (Fsp3) is 0.292. The topological polar surface area (TPSA) is 92.2 Å². The zero-order valence-corrected chi connectivity index (χ0v) is 20.3. The fourth-order valence-electron chi connectivity index (χ4n) is 4.44. The van der Waals surface area contributed by atoms with E-state index in [0.717, 1.165) is 10.9 Å². The highest BCUT2D eigenvalue weighted by atomic mass is 35.5. The number of carbonyl (C=O) groups is 1. The van der Waals surface area contributed by atoms with E-state index in [-0.39, 0.29) is 17.9 Å². The second-order valence-corrected chi connectivity index (χ2v) is 9.11. The molecule has 176 valence electrons. The van der Waals surface area contributed by atoms with Crippen molar-refractivity contribution >= 4 is 62.6 Å². The van der Waals surface area contributed by atoms with Gasteiger partial charge in [0.25, 0.3) is 5.56 Å². The molecule has 2 N–H and O–H groups in total. The number of nitrogens with zero attached hydrogens (tertiary/aromatic N) is 3. The van der Waals surface area contributed by atoms with E-state index in [4.69, 9.17) is 27.9 Å². The van der Waals surface area contributed by atoms with Crippen LogP contribution in [0.15, 0.2) is 35.1 Å². The van der Waals surface area contributed by atoms with E-state index < -0.39 is 0 Å². The smallest absolute Gasteiger partial charge is 0.258 e. The maximum atomic E-state index is 13.1. The Balaban J connectivity index is 1.62. The van der Waals surface area contributed by atoms with Gasteiger partial charge in [-0.15, -0.1) is 0 Å². The second kappa shape index (κ2) is 8.94. The molecule has 0 atom stereocenters. The predicted octanol–water partition coefficient (Wildman–Crippen LogP) is 4.17. The maximum Gasteiger partial charge on any atom is 0.258 e. The number of aromatic amines is 1. The van der Waals surface area contributed by atoms with E-state index in [1.165, 1.54) is 0 Å². The lowest BCUT2D eigenvalue weighted by molar-refractivity contribution is -0.134. The van der Waals surface area contributed by atoms with Crippen molar-refractivity contribution in [2.24, 2.45) is 7.05 Å². The van der Waals surface area contributed by atoms with Gasteiger partial charge in [-0.25, -0.2) is 4.98 Å². The molecular weight excluding hydrogens is 477 g/mol. The number of pyridine rings is 1. The molecule has 2 aromatic carbocycles. The van der Waals surface area contributed by atoms with Gasteiger partial charge in [0, 0.05) is 25.8 Å². The number of H-pyrrole nitrogens is 1. The first kappa shape index (κ1) is 22.7. The number of para-hydroxylation sites is 1. The van der Waals surface area contributed by atoms with E-state index in [1.54, 1.807) is 27.7 Å². The van der Waals surface area contributed by atoms with Crippen molar-refractivity contribution in [3.05, 3.63) is 62.0 Å². The number of nitrogens with one attached hydrogen (secondary N) is 2. The molecule has 8 nitrogen and oxygen atoms in total. The zero-order chi connectivity index (χ0) is 24.0. The molecule has 0 saturated carbocycles. The van der Waals surface area contributed by atoms with Crippen LogP contribution >= 0.6 is 23.2 Å². The molecule has 0 aliphatic carbocycles. The van der Waals surface area contributed by atoms with Crippen LogP contribution in [0.3, 0.4) is 0 Å². The first-order valence-electron chi connectivity index (χ1n) is 10.9. The summed E-state index contributed by atoms with van der Waals surface area (Å²) < 4.78 is 7.16. The van der Waals surface area contributed by atoms with Gasteiger partial charge in [-0.05, 0) is 36.1 Å². The van der Waals surface area contributed by atoms with E-state index >= 15 is 0 Å². The number of rotatable bonds is 4. The Bertz CT molecular complexity index is 1470. The normalized spacial score (nSPS) is 14.2. The summed E-state index contributed by atoms with van der Waals surface area (Å²) in [6.07, 6.45) is 0.197. The molecule has 1 aliphatic rings. The Morgan fingerprint density at radius 2 is 1.88 bits per heavy atom. The van der Waals surface area contributed by atoms with Crippen molar-refractivity contribution < 1.29 is 9.53 Å². The van der Waals surface area contributed by atoms with Gasteiger partial charge in [0.15, 0.2) is 0 Å². The molecule has 3 heterocycles. The molecule has 5 rings (SSSR count).